The van der Waals surface area contributed by atoms with Crippen molar-refractivity contribution in [1.82, 2.24) is 0 Å². The zero-order valence-electron chi connectivity index (χ0n) is 13.4. The van der Waals surface area contributed by atoms with Crippen LogP contribution in [0.15, 0.2) is 22.7 Å². The highest BCUT2D eigenvalue weighted by molar-refractivity contribution is 8.17. The van der Waals surface area contributed by atoms with E-state index in [-0.39, 0.29) is 15.6 Å². The molecule has 124 valence electrons. The molecule has 0 fully saturated rings. The van der Waals surface area contributed by atoms with E-state index in [1.807, 2.05) is 0 Å². The quantitative estimate of drug-likeness (QED) is 0.858. The van der Waals surface area contributed by atoms with E-state index in [0.29, 0.717) is 22.8 Å². The van der Waals surface area contributed by atoms with Gasteiger partial charge in [-0.3, -0.25) is 5.41 Å². The van der Waals surface area contributed by atoms with Crippen LogP contribution < -0.4 is 19.9 Å². The third-order valence-corrected chi connectivity index (χ3v) is 4.65. The molecule has 1 aliphatic heterocycles. The molecule has 0 amide bonds. The molecule has 0 bridgehead atoms. The monoisotopic (exact) mass is 344 g/mol. The number of rotatable bonds is 4. The summed E-state index contributed by atoms with van der Waals surface area (Å²) in [5.41, 5.74) is 6.65. The van der Waals surface area contributed by atoms with Gasteiger partial charge in [0.1, 0.15) is 23.2 Å². The number of allylic oxidation sites excluding steroid dienone is 1. The summed E-state index contributed by atoms with van der Waals surface area (Å²) in [4.78, 5) is 0. The van der Waals surface area contributed by atoms with Crippen molar-refractivity contribution in [3.05, 3.63) is 28.3 Å². The number of benzene rings is 1. The number of nitrogens with two attached hydrogens (primary N) is 1. The minimum atomic E-state index is -0.854. The lowest BCUT2D eigenvalue weighted by atomic mass is 9.80. The first-order valence-corrected chi connectivity index (χ1v) is 7.69. The molecule has 2 atom stereocenters. The van der Waals surface area contributed by atoms with Crippen LogP contribution in [0, 0.1) is 34.0 Å². The van der Waals surface area contributed by atoms with Gasteiger partial charge in [-0.15, -0.1) is 0 Å². The Balaban J connectivity index is 2.80. The van der Waals surface area contributed by atoms with Gasteiger partial charge in [0.2, 0.25) is 0 Å². The van der Waals surface area contributed by atoms with Gasteiger partial charge >= 0.3 is 0 Å². The molecular weight excluding hydrogens is 328 g/mol. The van der Waals surface area contributed by atoms with E-state index < -0.39 is 11.8 Å². The van der Waals surface area contributed by atoms with Crippen molar-refractivity contribution in [3.63, 3.8) is 0 Å². The molecule has 1 aromatic carbocycles. The largest absolute Gasteiger partial charge is 0.496 e. The lowest BCUT2D eigenvalue weighted by Crippen LogP contribution is -2.27. The van der Waals surface area contributed by atoms with E-state index >= 15 is 0 Å². The molecular formula is C16H16N4O3S. The maximum atomic E-state index is 9.54. The third kappa shape index (κ3) is 2.84. The highest BCUT2D eigenvalue weighted by atomic mass is 32.2. The van der Waals surface area contributed by atoms with Crippen molar-refractivity contribution >= 4 is 16.8 Å². The number of nitrogens with zero attached hydrogens (tertiary/aromatic N) is 2. The lowest BCUT2D eigenvalue weighted by molar-refractivity contribution is 0.365. The molecule has 7 nitrogen and oxygen atoms in total. The SMILES string of the molecule is COc1cc(OC)c([C@H]2C(C#N)=C(N)SC(=N)[C@H]2C#N)c(OC)c1. The Morgan fingerprint density at radius 2 is 1.71 bits per heavy atom. The van der Waals surface area contributed by atoms with E-state index in [4.69, 9.17) is 25.4 Å². The number of thioether (sulfide) groups is 1. The summed E-state index contributed by atoms with van der Waals surface area (Å²) in [5.74, 6) is -0.289. The fourth-order valence-corrected chi connectivity index (χ4v) is 3.45. The lowest BCUT2D eigenvalue weighted by Gasteiger charge is -2.30. The highest BCUT2D eigenvalue weighted by Crippen LogP contribution is 2.49. The van der Waals surface area contributed by atoms with E-state index in [2.05, 4.69) is 12.1 Å². The van der Waals surface area contributed by atoms with Crippen LogP contribution in [-0.4, -0.2) is 26.4 Å². The van der Waals surface area contributed by atoms with Gasteiger partial charge in [-0.2, -0.15) is 10.5 Å². The topological polar surface area (TPSA) is 125 Å². The van der Waals surface area contributed by atoms with Crippen LogP contribution in [0.3, 0.4) is 0 Å². The zero-order chi connectivity index (χ0) is 17.9. The molecule has 0 saturated carbocycles. The Morgan fingerprint density at radius 3 is 2.12 bits per heavy atom. The summed E-state index contributed by atoms with van der Waals surface area (Å²) in [6, 6.07) is 7.44. The fourth-order valence-electron chi connectivity index (χ4n) is 2.62. The molecule has 8 heteroatoms. The average Bonchev–Trinajstić information content (AvgIpc) is 2.59. The number of ether oxygens (including phenoxy) is 3. The summed E-state index contributed by atoms with van der Waals surface area (Å²) in [5, 5.41) is 27.4. The fraction of sp³-hybridized carbons (Fsp3) is 0.312. The number of nitrogens with one attached hydrogen (secondary N) is 1. The van der Waals surface area contributed by atoms with E-state index in [0.717, 1.165) is 11.8 Å². The minimum Gasteiger partial charge on any atom is -0.496 e. The standard InChI is InChI=1S/C16H16N4O3S/c1-21-8-4-11(22-2)14(12(5-8)23-3)13-9(6-17)15(19)24-16(20)10(13)7-18/h4-5,9,13,19H,20H2,1-3H3/t9-,13+/m0/s1. The van der Waals surface area contributed by atoms with Gasteiger partial charge in [-0.1, -0.05) is 11.8 Å². The van der Waals surface area contributed by atoms with Crippen LogP contribution in [0.4, 0.5) is 0 Å². The third-order valence-electron chi connectivity index (χ3n) is 3.74. The molecule has 1 heterocycles. The van der Waals surface area contributed by atoms with Crippen molar-refractivity contribution in [1.29, 1.82) is 15.9 Å². The normalized spacial score (nSPS) is 20.1. The molecule has 1 aromatic rings. The van der Waals surface area contributed by atoms with Gasteiger partial charge in [0, 0.05) is 17.7 Å². The second-order valence-corrected chi connectivity index (χ2v) is 5.97. The number of hydrogen-bond donors (Lipinski definition) is 2. The molecule has 0 aromatic heterocycles. The molecule has 0 aliphatic carbocycles. The van der Waals surface area contributed by atoms with Gasteiger partial charge in [-0.25, -0.2) is 0 Å². The molecule has 0 saturated heterocycles. The second-order valence-electron chi connectivity index (χ2n) is 4.89. The van der Waals surface area contributed by atoms with Gasteiger partial charge in [0.15, 0.2) is 0 Å². The number of nitriles is 2. The minimum absolute atomic E-state index is 0.0823. The van der Waals surface area contributed by atoms with Crippen LogP contribution in [-0.2, 0) is 0 Å². The molecule has 24 heavy (non-hydrogen) atoms. The summed E-state index contributed by atoms with van der Waals surface area (Å²) < 4.78 is 16.1. The molecule has 3 N–H and O–H groups in total. The van der Waals surface area contributed by atoms with E-state index in [1.165, 1.54) is 21.3 Å². The van der Waals surface area contributed by atoms with Gasteiger partial charge in [0.25, 0.3) is 0 Å². The summed E-state index contributed by atoms with van der Waals surface area (Å²) in [7, 11) is 4.46. The molecule has 0 unspecified atom stereocenters. The molecule has 2 rings (SSSR count). The molecule has 0 spiro atoms. The van der Waals surface area contributed by atoms with Crippen LogP contribution in [0.25, 0.3) is 0 Å². The molecule has 1 aliphatic rings. The Hall–Kier alpha value is -2.84. The van der Waals surface area contributed by atoms with Crippen LogP contribution in [0.1, 0.15) is 11.5 Å². The van der Waals surface area contributed by atoms with Crippen LogP contribution in [0.5, 0.6) is 17.2 Å². The van der Waals surface area contributed by atoms with Crippen molar-refractivity contribution < 1.29 is 14.2 Å². The number of hydrogen-bond acceptors (Lipinski definition) is 8. The number of methoxy groups -OCH3 is 3. The second kappa shape index (κ2) is 7.16. The summed E-state index contributed by atoms with van der Waals surface area (Å²) in [6.07, 6.45) is 0. The highest BCUT2D eigenvalue weighted by Gasteiger charge is 2.40. The smallest absolute Gasteiger partial charge is 0.130 e. The van der Waals surface area contributed by atoms with Crippen molar-refractivity contribution in [2.24, 2.45) is 11.7 Å². The summed E-state index contributed by atoms with van der Waals surface area (Å²) >= 11 is 0.929. The first-order valence-electron chi connectivity index (χ1n) is 6.87. The van der Waals surface area contributed by atoms with Gasteiger partial charge in [-0.05, 0) is 0 Å². The predicted molar refractivity (Wildman–Crippen MR) is 90.1 cm³/mol. The Labute approximate surface area is 144 Å². The maximum absolute atomic E-state index is 9.54. The maximum Gasteiger partial charge on any atom is 0.130 e. The van der Waals surface area contributed by atoms with Gasteiger partial charge in [0.05, 0.1) is 55.0 Å². The summed E-state index contributed by atoms with van der Waals surface area (Å²) in [6.45, 7) is 0. The first kappa shape index (κ1) is 17.5. The van der Waals surface area contributed by atoms with E-state index in [9.17, 15) is 10.5 Å². The van der Waals surface area contributed by atoms with Crippen molar-refractivity contribution in [3.8, 4) is 29.4 Å². The zero-order valence-corrected chi connectivity index (χ0v) is 14.2. The van der Waals surface area contributed by atoms with Crippen LogP contribution in [0.2, 0.25) is 0 Å². The van der Waals surface area contributed by atoms with Crippen molar-refractivity contribution in [2.45, 2.75) is 5.92 Å². The Bertz CT molecular complexity index is 766. The Kier molecular flexibility index (Phi) is 5.22. The van der Waals surface area contributed by atoms with Crippen LogP contribution >= 0.6 is 11.8 Å². The van der Waals surface area contributed by atoms with Crippen molar-refractivity contribution in [2.75, 3.05) is 21.3 Å². The average molecular weight is 344 g/mol. The first-order chi connectivity index (χ1) is 11.5. The van der Waals surface area contributed by atoms with Gasteiger partial charge < -0.3 is 19.9 Å². The molecule has 0 radical (unpaired) electrons. The Morgan fingerprint density at radius 1 is 1.12 bits per heavy atom. The predicted octanol–water partition coefficient (Wildman–Crippen LogP) is 2.35. The van der Waals surface area contributed by atoms with E-state index in [1.54, 1.807) is 12.1 Å².